The Kier molecular flexibility index (Phi) is 5.10. The quantitative estimate of drug-likeness (QED) is 0.842. The van der Waals surface area contributed by atoms with Crippen LogP contribution in [-0.2, 0) is 6.54 Å². The highest BCUT2D eigenvalue weighted by molar-refractivity contribution is 7.98. The fourth-order valence-electron chi connectivity index (χ4n) is 2.08. The molecule has 2 heterocycles. The maximum Gasteiger partial charge on any atom is 0.152 e. The Morgan fingerprint density at radius 2 is 2.26 bits per heavy atom. The predicted molar refractivity (Wildman–Crippen MR) is 84.2 cm³/mol. The second-order valence-corrected chi connectivity index (χ2v) is 5.49. The Labute approximate surface area is 119 Å². The molecule has 2 aromatic heterocycles. The summed E-state index contributed by atoms with van der Waals surface area (Å²) in [7, 11) is 2.12. The van der Waals surface area contributed by atoms with Crippen LogP contribution in [0.15, 0.2) is 24.4 Å². The summed E-state index contributed by atoms with van der Waals surface area (Å²) in [5.74, 6) is 2.20. The van der Waals surface area contributed by atoms with E-state index in [1.165, 1.54) is 5.69 Å². The van der Waals surface area contributed by atoms with Crippen LogP contribution in [0, 0.1) is 0 Å². The van der Waals surface area contributed by atoms with Crippen LogP contribution in [0.3, 0.4) is 0 Å². The van der Waals surface area contributed by atoms with Gasteiger partial charge in [0.25, 0.3) is 0 Å². The summed E-state index contributed by atoms with van der Waals surface area (Å²) in [6, 6.07) is 6.14. The van der Waals surface area contributed by atoms with Crippen LogP contribution in [0.2, 0.25) is 0 Å². The molecule has 5 heteroatoms. The van der Waals surface area contributed by atoms with Gasteiger partial charge < -0.3 is 14.6 Å². The average molecular weight is 278 g/mol. The maximum absolute atomic E-state index is 4.76. The first-order valence-corrected chi connectivity index (χ1v) is 8.04. The second-order valence-electron chi connectivity index (χ2n) is 4.51. The highest BCUT2D eigenvalue weighted by Crippen LogP contribution is 2.21. The van der Waals surface area contributed by atoms with Crippen molar-refractivity contribution in [2.24, 2.45) is 0 Å². The maximum atomic E-state index is 4.76. The third-order valence-corrected chi connectivity index (χ3v) is 3.73. The van der Waals surface area contributed by atoms with Gasteiger partial charge in [0.15, 0.2) is 5.82 Å². The molecule has 0 radical (unpaired) electrons. The predicted octanol–water partition coefficient (Wildman–Crippen LogP) is 2.24. The summed E-state index contributed by atoms with van der Waals surface area (Å²) >= 11 is 1.86. The van der Waals surface area contributed by atoms with Crippen LogP contribution in [0.1, 0.15) is 12.6 Å². The Hall–Kier alpha value is -1.20. The van der Waals surface area contributed by atoms with Crippen molar-refractivity contribution in [3.05, 3.63) is 30.1 Å². The summed E-state index contributed by atoms with van der Waals surface area (Å²) < 4.78 is 2.17. The molecule has 0 bridgehead atoms. The van der Waals surface area contributed by atoms with Crippen LogP contribution in [0.25, 0.3) is 5.65 Å². The van der Waals surface area contributed by atoms with Crippen molar-refractivity contribution in [2.75, 3.05) is 37.0 Å². The number of nitrogens with zero attached hydrogens (tertiary/aromatic N) is 3. The zero-order chi connectivity index (χ0) is 13.7. The van der Waals surface area contributed by atoms with Gasteiger partial charge in [-0.1, -0.05) is 13.0 Å². The van der Waals surface area contributed by atoms with Gasteiger partial charge in [-0.05, 0) is 24.9 Å². The van der Waals surface area contributed by atoms with Crippen molar-refractivity contribution in [3.8, 4) is 0 Å². The lowest BCUT2D eigenvalue weighted by Crippen LogP contribution is -2.23. The summed E-state index contributed by atoms with van der Waals surface area (Å²) in [6.07, 6.45) is 4.22. The molecule has 0 spiro atoms. The van der Waals surface area contributed by atoms with E-state index in [9.17, 15) is 0 Å². The Bertz CT molecular complexity index is 523. The first-order chi connectivity index (χ1) is 9.27. The SMILES string of the molecule is CCNCc1c(N(C)CCSC)nc2ccccn12. The van der Waals surface area contributed by atoms with E-state index < -0.39 is 0 Å². The van der Waals surface area contributed by atoms with Crippen molar-refractivity contribution >= 4 is 23.2 Å². The van der Waals surface area contributed by atoms with Crippen LogP contribution < -0.4 is 10.2 Å². The molecular formula is C14H22N4S. The number of pyridine rings is 1. The Balaban J connectivity index is 2.34. The van der Waals surface area contributed by atoms with E-state index >= 15 is 0 Å². The van der Waals surface area contributed by atoms with E-state index in [0.717, 1.165) is 36.9 Å². The van der Waals surface area contributed by atoms with E-state index in [2.05, 4.69) is 53.2 Å². The van der Waals surface area contributed by atoms with E-state index in [0.29, 0.717) is 0 Å². The summed E-state index contributed by atoms with van der Waals surface area (Å²) in [4.78, 5) is 7.00. The minimum Gasteiger partial charge on any atom is -0.357 e. The van der Waals surface area contributed by atoms with E-state index in [4.69, 9.17) is 4.98 Å². The topological polar surface area (TPSA) is 32.6 Å². The van der Waals surface area contributed by atoms with Gasteiger partial charge in [-0.15, -0.1) is 0 Å². The Morgan fingerprint density at radius 3 is 3.00 bits per heavy atom. The lowest BCUT2D eigenvalue weighted by molar-refractivity contribution is 0.703. The number of hydrogen-bond acceptors (Lipinski definition) is 4. The molecule has 0 aliphatic rings. The molecule has 4 nitrogen and oxygen atoms in total. The molecule has 0 atom stereocenters. The number of thioether (sulfide) groups is 1. The van der Waals surface area contributed by atoms with Crippen molar-refractivity contribution < 1.29 is 0 Å². The number of fused-ring (bicyclic) bond motifs is 1. The third kappa shape index (κ3) is 3.22. The molecule has 2 aromatic rings. The van der Waals surface area contributed by atoms with Gasteiger partial charge in [0.05, 0.1) is 5.69 Å². The fourth-order valence-corrected chi connectivity index (χ4v) is 2.54. The largest absolute Gasteiger partial charge is 0.357 e. The van der Waals surface area contributed by atoms with Gasteiger partial charge in [0.1, 0.15) is 5.65 Å². The average Bonchev–Trinajstić information content (AvgIpc) is 2.81. The molecule has 0 saturated heterocycles. The van der Waals surface area contributed by atoms with Gasteiger partial charge >= 0.3 is 0 Å². The number of imidazole rings is 1. The van der Waals surface area contributed by atoms with E-state index in [1.807, 2.05) is 17.8 Å². The van der Waals surface area contributed by atoms with Crippen molar-refractivity contribution in [3.63, 3.8) is 0 Å². The number of anilines is 1. The smallest absolute Gasteiger partial charge is 0.152 e. The van der Waals surface area contributed by atoms with Crippen LogP contribution in [-0.4, -0.2) is 41.5 Å². The summed E-state index contributed by atoms with van der Waals surface area (Å²) in [6.45, 7) is 4.96. The molecule has 104 valence electrons. The molecular weight excluding hydrogens is 256 g/mol. The second kappa shape index (κ2) is 6.82. The highest BCUT2D eigenvalue weighted by Gasteiger charge is 2.14. The Morgan fingerprint density at radius 1 is 1.42 bits per heavy atom. The van der Waals surface area contributed by atoms with Crippen LogP contribution >= 0.6 is 11.8 Å². The fraction of sp³-hybridized carbons (Fsp3) is 0.500. The molecule has 0 aliphatic heterocycles. The highest BCUT2D eigenvalue weighted by atomic mass is 32.2. The molecule has 1 N–H and O–H groups in total. The first kappa shape index (κ1) is 14.2. The lowest BCUT2D eigenvalue weighted by Gasteiger charge is -2.18. The molecule has 0 amide bonds. The first-order valence-electron chi connectivity index (χ1n) is 6.64. The van der Waals surface area contributed by atoms with Crippen LogP contribution in [0.4, 0.5) is 5.82 Å². The number of hydrogen-bond donors (Lipinski definition) is 1. The molecule has 0 fully saturated rings. The van der Waals surface area contributed by atoms with E-state index in [-0.39, 0.29) is 0 Å². The van der Waals surface area contributed by atoms with Crippen LogP contribution in [0.5, 0.6) is 0 Å². The molecule has 0 unspecified atom stereocenters. The zero-order valence-electron chi connectivity index (χ0n) is 11.9. The standard InChI is InChI=1S/C14H22N4S/c1-4-15-11-12-14(17(2)9-10-19-3)16-13-7-5-6-8-18(12)13/h5-8,15H,4,9-11H2,1-3H3. The van der Waals surface area contributed by atoms with Crippen molar-refractivity contribution in [1.82, 2.24) is 14.7 Å². The molecule has 0 aromatic carbocycles. The van der Waals surface area contributed by atoms with Gasteiger partial charge in [-0.25, -0.2) is 4.98 Å². The summed E-state index contributed by atoms with van der Waals surface area (Å²) in [5.41, 5.74) is 2.25. The normalized spacial score (nSPS) is 11.1. The molecule has 19 heavy (non-hydrogen) atoms. The van der Waals surface area contributed by atoms with Gasteiger partial charge in [-0.2, -0.15) is 11.8 Å². The van der Waals surface area contributed by atoms with Crippen molar-refractivity contribution in [1.29, 1.82) is 0 Å². The zero-order valence-corrected chi connectivity index (χ0v) is 12.7. The number of nitrogens with one attached hydrogen (secondary N) is 1. The van der Waals surface area contributed by atoms with Gasteiger partial charge in [-0.3, -0.25) is 0 Å². The number of rotatable bonds is 7. The van der Waals surface area contributed by atoms with Crippen molar-refractivity contribution in [2.45, 2.75) is 13.5 Å². The van der Waals surface area contributed by atoms with E-state index in [1.54, 1.807) is 0 Å². The lowest BCUT2D eigenvalue weighted by atomic mass is 10.3. The van der Waals surface area contributed by atoms with Gasteiger partial charge in [0.2, 0.25) is 0 Å². The monoisotopic (exact) mass is 278 g/mol. The molecule has 0 aliphatic carbocycles. The number of aromatic nitrogens is 2. The minimum absolute atomic E-state index is 0.848. The summed E-state index contributed by atoms with van der Waals surface area (Å²) in [5, 5.41) is 3.40. The van der Waals surface area contributed by atoms with Gasteiger partial charge in [0, 0.05) is 32.1 Å². The molecule has 0 saturated carbocycles. The molecule has 2 rings (SSSR count). The third-order valence-electron chi connectivity index (χ3n) is 3.14. The minimum atomic E-state index is 0.848.